The van der Waals surface area contributed by atoms with Crippen molar-refractivity contribution >= 4 is 21.4 Å². The third-order valence-electron chi connectivity index (χ3n) is 4.59. The van der Waals surface area contributed by atoms with Crippen molar-refractivity contribution in [3.05, 3.63) is 35.2 Å². The van der Waals surface area contributed by atoms with Crippen molar-refractivity contribution in [2.45, 2.75) is 45.1 Å². The van der Waals surface area contributed by atoms with Crippen molar-refractivity contribution in [2.75, 3.05) is 0 Å². The van der Waals surface area contributed by atoms with Crippen LogP contribution < -0.4 is 5.73 Å². The first-order valence-corrected chi connectivity index (χ1v) is 7.80. The molecule has 0 aliphatic heterocycles. The van der Waals surface area contributed by atoms with E-state index < -0.39 is 0 Å². The average Bonchev–Trinajstić information content (AvgIpc) is 2.87. The Morgan fingerprint density at radius 1 is 1.17 bits per heavy atom. The molecule has 0 saturated heterocycles. The van der Waals surface area contributed by atoms with Gasteiger partial charge in [0, 0.05) is 10.7 Å². The molecule has 0 radical (unpaired) electrons. The van der Waals surface area contributed by atoms with Gasteiger partial charge in [-0.25, -0.2) is 0 Å². The Morgan fingerprint density at radius 3 is 2.72 bits per heavy atom. The summed E-state index contributed by atoms with van der Waals surface area (Å²) in [4.78, 5) is 0. The number of hydrogen-bond acceptors (Lipinski definition) is 2. The predicted molar refractivity (Wildman–Crippen MR) is 79.9 cm³/mol. The monoisotopic (exact) mass is 259 g/mol. The maximum absolute atomic E-state index is 6.64. The van der Waals surface area contributed by atoms with Crippen LogP contribution in [0, 0.1) is 5.41 Å². The number of rotatable bonds is 2. The molecule has 2 aromatic rings. The van der Waals surface area contributed by atoms with Crippen LogP contribution in [0.2, 0.25) is 0 Å². The molecule has 1 saturated carbocycles. The second-order valence-corrected chi connectivity index (χ2v) is 6.79. The zero-order chi connectivity index (χ0) is 12.6. The van der Waals surface area contributed by atoms with E-state index in [1.807, 2.05) is 11.3 Å². The molecule has 18 heavy (non-hydrogen) atoms. The van der Waals surface area contributed by atoms with Crippen molar-refractivity contribution in [3.8, 4) is 0 Å². The molecule has 1 aliphatic rings. The quantitative estimate of drug-likeness (QED) is 0.818. The Bertz CT molecular complexity index is 537. The highest BCUT2D eigenvalue weighted by atomic mass is 32.1. The maximum atomic E-state index is 6.64. The molecule has 2 N–H and O–H groups in total. The summed E-state index contributed by atoms with van der Waals surface area (Å²) in [5, 5.41) is 3.51. The number of hydrogen-bond donors (Lipinski definition) is 1. The second kappa shape index (κ2) is 4.67. The topological polar surface area (TPSA) is 26.0 Å². The minimum Gasteiger partial charge on any atom is -0.323 e. The van der Waals surface area contributed by atoms with Gasteiger partial charge in [-0.05, 0) is 40.7 Å². The van der Waals surface area contributed by atoms with E-state index in [9.17, 15) is 0 Å². The molecule has 1 aromatic heterocycles. The fraction of sp³-hybridized carbons (Fsp3) is 0.500. The van der Waals surface area contributed by atoms with Crippen LogP contribution >= 0.6 is 11.3 Å². The van der Waals surface area contributed by atoms with Gasteiger partial charge in [-0.2, -0.15) is 0 Å². The average molecular weight is 259 g/mol. The van der Waals surface area contributed by atoms with Gasteiger partial charge >= 0.3 is 0 Å². The zero-order valence-corrected chi connectivity index (χ0v) is 11.8. The zero-order valence-electron chi connectivity index (χ0n) is 11.0. The van der Waals surface area contributed by atoms with E-state index in [0.717, 1.165) is 0 Å². The highest BCUT2D eigenvalue weighted by molar-refractivity contribution is 7.17. The fourth-order valence-electron chi connectivity index (χ4n) is 3.31. The molecule has 2 heteroatoms. The normalized spacial score (nSPS) is 21.0. The summed E-state index contributed by atoms with van der Waals surface area (Å²) in [5.41, 5.74) is 8.28. The van der Waals surface area contributed by atoms with Crippen LogP contribution in [0.25, 0.3) is 10.1 Å². The molecule has 0 spiro atoms. The number of nitrogens with two attached hydrogens (primary N) is 1. The SMILES string of the molecule is CC1(C(N)c2cccc3ccsc23)CCCCC1. The van der Waals surface area contributed by atoms with Gasteiger partial charge in [-0.15, -0.1) is 11.3 Å². The minimum absolute atomic E-state index is 0.181. The van der Waals surface area contributed by atoms with E-state index in [2.05, 4.69) is 36.6 Å². The first kappa shape index (κ1) is 12.2. The molecule has 1 unspecified atom stereocenters. The molecule has 3 rings (SSSR count). The lowest BCUT2D eigenvalue weighted by molar-refractivity contribution is 0.171. The molecular formula is C16H21NS. The highest BCUT2D eigenvalue weighted by Crippen LogP contribution is 2.46. The van der Waals surface area contributed by atoms with Crippen molar-refractivity contribution in [3.63, 3.8) is 0 Å². The third-order valence-corrected chi connectivity index (χ3v) is 5.57. The summed E-state index contributed by atoms with van der Waals surface area (Å²) in [7, 11) is 0. The Morgan fingerprint density at radius 2 is 1.94 bits per heavy atom. The van der Waals surface area contributed by atoms with Crippen LogP contribution in [-0.2, 0) is 0 Å². The van der Waals surface area contributed by atoms with E-state index in [-0.39, 0.29) is 11.5 Å². The summed E-state index contributed by atoms with van der Waals surface area (Å²) in [6, 6.07) is 8.94. The number of fused-ring (bicyclic) bond motifs is 1. The van der Waals surface area contributed by atoms with Crippen molar-refractivity contribution in [1.29, 1.82) is 0 Å². The van der Waals surface area contributed by atoms with Gasteiger partial charge in [0.1, 0.15) is 0 Å². The lowest BCUT2D eigenvalue weighted by atomic mass is 9.69. The van der Waals surface area contributed by atoms with Crippen molar-refractivity contribution in [2.24, 2.45) is 11.1 Å². The minimum atomic E-state index is 0.181. The van der Waals surface area contributed by atoms with Gasteiger partial charge in [0.15, 0.2) is 0 Å². The van der Waals surface area contributed by atoms with Crippen LogP contribution in [0.1, 0.15) is 50.6 Å². The molecular weight excluding hydrogens is 238 g/mol. The largest absolute Gasteiger partial charge is 0.323 e. The van der Waals surface area contributed by atoms with Gasteiger partial charge in [0.2, 0.25) is 0 Å². The lowest BCUT2D eigenvalue weighted by Gasteiger charge is -2.39. The molecule has 1 aliphatic carbocycles. The highest BCUT2D eigenvalue weighted by Gasteiger charge is 2.34. The molecule has 0 bridgehead atoms. The Hall–Kier alpha value is -0.860. The van der Waals surface area contributed by atoms with E-state index in [1.54, 1.807) is 0 Å². The van der Waals surface area contributed by atoms with Crippen LogP contribution in [0.3, 0.4) is 0 Å². The Labute approximate surface area is 113 Å². The van der Waals surface area contributed by atoms with Gasteiger partial charge < -0.3 is 5.73 Å². The summed E-state index contributed by atoms with van der Waals surface area (Å²) >= 11 is 1.82. The van der Waals surface area contributed by atoms with E-state index in [0.29, 0.717) is 0 Å². The molecule has 1 fully saturated rings. The van der Waals surface area contributed by atoms with Gasteiger partial charge in [-0.1, -0.05) is 44.4 Å². The smallest absolute Gasteiger partial charge is 0.0390 e. The summed E-state index contributed by atoms with van der Waals surface area (Å²) < 4.78 is 1.39. The van der Waals surface area contributed by atoms with E-state index in [4.69, 9.17) is 5.73 Å². The van der Waals surface area contributed by atoms with E-state index >= 15 is 0 Å². The number of benzene rings is 1. The lowest BCUT2D eigenvalue weighted by Crippen LogP contribution is -2.33. The van der Waals surface area contributed by atoms with Crippen LogP contribution in [-0.4, -0.2) is 0 Å². The molecule has 1 heterocycles. The van der Waals surface area contributed by atoms with Crippen molar-refractivity contribution < 1.29 is 0 Å². The second-order valence-electron chi connectivity index (χ2n) is 5.88. The Kier molecular flexibility index (Phi) is 3.16. The molecule has 1 nitrogen and oxygen atoms in total. The Balaban J connectivity index is 2.00. The van der Waals surface area contributed by atoms with Crippen LogP contribution in [0.15, 0.2) is 29.6 Å². The first-order valence-electron chi connectivity index (χ1n) is 6.92. The van der Waals surface area contributed by atoms with Crippen molar-refractivity contribution in [1.82, 2.24) is 0 Å². The number of thiophene rings is 1. The summed E-state index contributed by atoms with van der Waals surface area (Å²) in [6.07, 6.45) is 6.60. The molecule has 96 valence electrons. The first-order chi connectivity index (χ1) is 8.71. The van der Waals surface area contributed by atoms with Crippen LogP contribution in [0.5, 0.6) is 0 Å². The van der Waals surface area contributed by atoms with Gasteiger partial charge in [0.05, 0.1) is 0 Å². The third kappa shape index (κ3) is 1.98. The van der Waals surface area contributed by atoms with E-state index in [1.165, 1.54) is 47.8 Å². The van der Waals surface area contributed by atoms with Gasteiger partial charge in [-0.3, -0.25) is 0 Å². The maximum Gasteiger partial charge on any atom is 0.0390 e. The summed E-state index contributed by atoms with van der Waals surface area (Å²) in [6.45, 7) is 2.38. The molecule has 1 atom stereocenters. The van der Waals surface area contributed by atoms with Crippen LogP contribution in [0.4, 0.5) is 0 Å². The van der Waals surface area contributed by atoms with Gasteiger partial charge in [0.25, 0.3) is 0 Å². The standard InChI is InChI=1S/C16H21NS/c1-16(9-3-2-4-10-16)15(17)13-7-5-6-12-8-11-18-14(12)13/h5-8,11,15H,2-4,9-10,17H2,1H3. The summed E-state index contributed by atoms with van der Waals surface area (Å²) in [5.74, 6) is 0. The fourth-order valence-corrected chi connectivity index (χ4v) is 4.26. The molecule has 0 amide bonds. The molecule has 1 aromatic carbocycles. The predicted octanol–water partition coefficient (Wildman–Crippen LogP) is 4.87.